The number of carbonyl (C=O) groups is 1. The van der Waals surface area contributed by atoms with E-state index in [0.29, 0.717) is 11.0 Å². The van der Waals surface area contributed by atoms with E-state index in [-0.39, 0.29) is 17.6 Å². The molecule has 1 aromatic carbocycles. The maximum atomic E-state index is 12.6. The molecule has 0 saturated heterocycles. The number of thioether (sulfide) groups is 1. The summed E-state index contributed by atoms with van der Waals surface area (Å²) < 4.78 is 7.16. The van der Waals surface area contributed by atoms with Crippen molar-refractivity contribution >= 4 is 17.7 Å². The Morgan fingerprint density at radius 3 is 2.58 bits per heavy atom. The Bertz CT molecular complexity index is 1110. The van der Waals surface area contributed by atoms with E-state index >= 15 is 0 Å². The van der Waals surface area contributed by atoms with Crippen LogP contribution in [-0.4, -0.2) is 44.1 Å². The molecule has 3 aromatic rings. The van der Waals surface area contributed by atoms with E-state index in [9.17, 15) is 10.1 Å². The largest absolute Gasteiger partial charge is 0.497 e. The quantitative estimate of drug-likeness (QED) is 0.543. The van der Waals surface area contributed by atoms with Crippen LogP contribution >= 0.6 is 11.8 Å². The molecule has 1 amide bonds. The number of aromatic nitrogens is 4. The number of amides is 1. The van der Waals surface area contributed by atoms with Gasteiger partial charge < -0.3 is 10.1 Å². The van der Waals surface area contributed by atoms with Crippen LogP contribution < -0.4 is 10.1 Å². The molecule has 1 atom stereocenters. The van der Waals surface area contributed by atoms with Gasteiger partial charge in [0.2, 0.25) is 5.91 Å². The van der Waals surface area contributed by atoms with Crippen LogP contribution in [0.15, 0.2) is 53.9 Å². The van der Waals surface area contributed by atoms with Crippen molar-refractivity contribution in [2.75, 3.05) is 12.9 Å². The fourth-order valence-corrected chi connectivity index (χ4v) is 4.11. The maximum Gasteiger partial charge on any atom is 0.231 e. The number of carbonyl (C=O) groups excluding carboxylic acids is 1. The van der Waals surface area contributed by atoms with Gasteiger partial charge in [-0.15, -0.1) is 10.2 Å². The summed E-state index contributed by atoms with van der Waals surface area (Å²) in [7, 11) is 1.62. The fraction of sp³-hybridized carbons (Fsp3) is 0.318. The average molecular weight is 435 g/mol. The highest BCUT2D eigenvalue weighted by atomic mass is 32.2. The van der Waals surface area contributed by atoms with Crippen molar-refractivity contribution in [3.8, 4) is 28.9 Å². The SMILES string of the molecule is COc1ccc(-n2c(SCC(=O)NC(C)(C#N)C3CC3)nnc2-c2ccncc2)cc1. The van der Waals surface area contributed by atoms with Crippen molar-refractivity contribution in [3.63, 3.8) is 0 Å². The minimum Gasteiger partial charge on any atom is -0.497 e. The Kier molecular flexibility index (Phi) is 5.91. The monoisotopic (exact) mass is 434 g/mol. The third kappa shape index (κ3) is 4.54. The van der Waals surface area contributed by atoms with Gasteiger partial charge in [0.05, 0.1) is 18.9 Å². The van der Waals surface area contributed by atoms with E-state index in [1.54, 1.807) is 26.4 Å². The molecule has 0 bridgehead atoms. The molecule has 31 heavy (non-hydrogen) atoms. The van der Waals surface area contributed by atoms with Gasteiger partial charge in [-0.25, -0.2) is 0 Å². The normalized spacial score (nSPS) is 15.0. The minimum absolute atomic E-state index is 0.134. The van der Waals surface area contributed by atoms with Gasteiger partial charge in [-0.05, 0) is 62.1 Å². The number of methoxy groups -OCH3 is 1. The zero-order valence-corrected chi connectivity index (χ0v) is 18.1. The number of benzene rings is 1. The van der Waals surface area contributed by atoms with Crippen LogP contribution in [0.5, 0.6) is 5.75 Å². The van der Waals surface area contributed by atoms with Crippen LogP contribution in [0, 0.1) is 17.2 Å². The summed E-state index contributed by atoms with van der Waals surface area (Å²) in [6.45, 7) is 1.79. The van der Waals surface area contributed by atoms with Crippen LogP contribution in [0.1, 0.15) is 19.8 Å². The van der Waals surface area contributed by atoms with E-state index in [2.05, 4.69) is 26.6 Å². The van der Waals surface area contributed by atoms with E-state index in [1.165, 1.54) is 11.8 Å². The summed E-state index contributed by atoms with van der Waals surface area (Å²) >= 11 is 1.28. The zero-order chi connectivity index (χ0) is 21.8. The molecule has 1 fully saturated rings. The maximum absolute atomic E-state index is 12.6. The van der Waals surface area contributed by atoms with E-state index < -0.39 is 5.54 Å². The van der Waals surface area contributed by atoms with Gasteiger partial charge in [0.1, 0.15) is 11.3 Å². The van der Waals surface area contributed by atoms with Gasteiger partial charge in [-0.1, -0.05) is 11.8 Å². The third-order valence-corrected chi connectivity index (χ3v) is 6.19. The van der Waals surface area contributed by atoms with Gasteiger partial charge in [-0.3, -0.25) is 14.3 Å². The van der Waals surface area contributed by atoms with Crippen molar-refractivity contribution in [2.24, 2.45) is 5.92 Å². The van der Waals surface area contributed by atoms with Crippen LogP contribution in [0.2, 0.25) is 0 Å². The molecule has 1 aliphatic carbocycles. The van der Waals surface area contributed by atoms with Crippen molar-refractivity contribution in [3.05, 3.63) is 48.8 Å². The first-order valence-corrected chi connectivity index (χ1v) is 10.9. The Morgan fingerprint density at radius 2 is 1.97 bits per heavy atom. The third-order valence-electron chi connectivity index (χ3n) is 5.26. The number of ether oxygens (including phenoxy) is 1. The van der Waals surface area contributed by atoms with Crippen LogP contribution in [0.3, 0.4) is 0 Å². The standard InChI is InChI=1S/C22H22N6O2S/c1-22(14-23,16-3-4-16)25-19(29)13-31-21-27-26-20(15-9-11-24-12-10-15)28(21)17-5-7-18(30-2)8-6-17/h5-12,16H,3-4,13H2,1-2H3,(H,25,29). The molecule has 0 spiro atoms. The molecule has 158 valence electrons. The van der Waals surface area contributed by atoms with Crippen molar-refractivity contribution < 1.29 is 9.53 Å². The Hall–Kier alpha value is -3.38. The van der Waals surface area contributed by atoms with Crippen LogP contribution in [0.4, 0.5) is 0 Å². The van der Waals surface area contributed by atoms with Crippen LogP contribution in [-0.2, 0) is 4.79 Å². The second-order valence-corrected chi connectivity index (χ2v) is 8.44. The van der Waals surface area contributed by atoms with Gasteiger partial charge in [-0.2, -0.15) is 5.26 Å². The smallest absolute Gasteiger partial charge is 0.231 e. The van der Waals surface area contributed by atoms with Crippen molar-refractivity contribution in [2.45, 2.75) is 30.5 Å². The second kappa shape index (κ2) is 8.78. The summed E-state index contributed by atoms with van der Waals surface area (Å²) in [6, 6.07) is 13.5. The van der Waals surface area contributed by atoms with E-state index in [4.69, 9.17) is 4.74 Å². The molecular weight excluding hydrogens is 412 g/mol. The molecule has 4 rings (SSSR count). The lowest BCUT2D eigenvalue weighted by Crippen LogP contribution is -2.47. The van der Waals surface area contributed by atoms with Gasteiger partial charge in [0.15, 0.2) is 11.0 Å². The molecule has 2 heterocycles. The van der Waals surface area contributed by atoms with Gasteiger partial charge >= 0.3 is 0 Å². The number of hydrogen-bond acceptors (Lipinski definition) is 7. The first kappa shape index (κ1) is 20.9. The lowest BCUT2D eigenvalue weighted by atomic mass is 9.98. The zero-order valence-electron chi connectivity index (χ0n) is 17.3. The Morgan fingerprint density at radius 1 is 1.26 bits per heavy atom. The number of hydrogen-bond donors (Lipinski definition) is 1. The highest BCUT2D eigenvalue weighted by molar-refractivity contribution is 7.99. The Balaban J connectivity index is 1.59. The summed E-state index contributed by atoms with van der Waals surface area (Å²) in [5.74, 6) is 1.56. The summed E-state index contributed by atoms with van der Waals surface area (Å²) in [5, 5.41) is 21.6. The lowest BCUT2D eigenvalue weighted by Gasteiger charge is -2.22. The van der Waals surface area contributed by atoms with Gasteiger partial charge in [0, 0.05) is 23.6 Å². The number of pyridine rings is 1. The fourth-order valence-electron chi connectivity index (χ4n) is 3.35. The number of nitrogens with zero attached hydrogens (tertiary/aromatic N) is 5. The second-order valence-electron chi connectivity index (χ2n) is 7.50. The minimum atomic E-state index is -0.816. The Labute approximate surface area is 184 Å². The molecule has 1 saturated carbocycles. The molecule has 8 nitrogen and oxygen atoms in total. The first-order chi connectivity index (χ1) is 15.0. The molecule has 1 aliphatic rings. The van der Waals surface area contributed by atoms with Crippen LogP contribution in [0.25, 0.3) is 17.1 Å². The van der Waals surface area contributed by atoms with Gasteiger partial charge in [0.25, 0.3) is 0 Å². The van der Waals surface area contributed by atoms with Crippen molar-refractivity contribution in [1.82, 2.24) is 25.1 Å². The number of nitrogens with one attached hydrogen (secondary N) is 1. The molecule has 0 radical (unpaired) electrons. The summed E-state index contributed by atoms with van der Waals surface area (Å²) in [4.78, 5) is 16.6. The topological polar surface area (TPSA) is 106 Å². The average Bonchev–Trinajstić information content (AvgIpc) is 3.59. The lowest BCUT2D eigenvalue weighted by molar-refractivity contribution is -0.119. The molecular formula is C22H22N6O2S. The highest BCUT2D eigenvalue weighted by Crippen LogP contribution is 2.39. The molecule has 0 aliphatic heterocycles. The number of rotatable bonds is 8. The molecule has 2 aromatic heterocycles. The summed E-state index contributed by atoms with van der Waals surface area (Å²) in [6.07, 6.45) is 5.34. The van der Waals surface area contributed by atoms with E-state index in [1.807, 2.05) is 41.0 Å². The first-order valence-electron chi connectivity index (χ1n) is 9.89. The highest BCUT2D eigenvalue weighted by Gasteiger charge is 2.43. The summed E-state index contributed by atoms with van der Waals surface area (Å²) in [5.41, 5.74) is 0.893. The van der Waals surface area contributed by atoms with E-state index in [0.717, 1.165) is 29.8 Å². The molecule has 1 N–H and O–H groups in total. The predicted octanol–water partition coefficient (Wildman–Crippen LogP) is 3.24. The van der Waals surface area contributed by atoms with Crippen molar-refractivity contribution in [1.29, 1.82) is 5.26 Å². The molecule has 9 heteroatoms. The predicted molar refractivity (Wildman–Crippen MR) is 117 cm³/mol. The number of nitriles is 1. The molecule has 1 unspecified atom stereocenters.